The molecule has 0 spiro atoms. The number of anilines is 2. The van der Waals surface area contributed by atoms with E-state index in [0.717, 1.165) is 29.9 Å². The highest BCUT2D eigenvalue weighted by molar-refractivity contribution is 6.62. The van der Waals surface area contributed by atoms with Crippen LogP contribution in [0.15, 0.2) is 18.2 Å². The lowest BCUT2D eigenvalue weighted by Crippen LogP contribution is -2.41. The molecule has 2 aliphatic heterocycles. The molecule has 1 atom stereocenters. The maximum absolute atomic E-state index is 6.36. The van der Waals surface area contributed by atoms with Crippen molar-refractivity contribution in [3.8, 4) is 0 Å². The Labute approximate surface area is 146 Å². The molecule has 0 bridgehead atoms. The van der Waals surface area contributed by atoms with Crippen LogP contribution in [0.2, 0.25) is 0 Å². The standard InChI is InChI=1S/C18H30BN3O2/c1-17(2)18(3,4)24-19(23-17)13-7-8-16(15(20)11-13)22-10-9-14(12-22)21(5)6/h7-8,11,14H,9-10,12,20H2,1-6H3. The van der Waals surface area contributed by atoms with Crippen molar-refractivity contribution >= 4 is 24.0 Å². The summed E-state index contributed by atoms with van der Waals surface area (Å²) in [7, 11) is 3.91. The molecule has 0 saturated carbocycles. The Bertz CT molecular complexity index is 602. The fourth-order valence-electron chi connectivity index (χ4n) is 3.37. The highest BCUT2D eigenvalue weighted by Gasteiger charge is 2.51. The van der Waals surface area contributed by atoms with E-state index >= 15 is 0 Å². The van der Waals surface area contributed by atoms with Crippen molar-refractivity contribution in [1.29, 1.82) is 0 Å². The average Bonchev–Trinajstić information content (AvgIpc) is 3.02. The third kappa shape index (κ3) is 3.03. The van der Waals surface area contributed by atoms with Crippen LogP contribution < -0.4 is 16.1 Å². The van der Waals surface area contributed by atoms with E-state index in [1.165, 1.54) is 6.42 Å². The molecule has 1 unspecified atom stereocenters. The van der Waals surface area contributed by atoms with Gasteiger partial charge in [0.05, 0.1) is 22.6 Å². The number of nitrogen functional groups attached to an aromatic ring is 1. The van der Waals surface area contributed by atoms with Gasteiger partial charge in [0.15, 0.2) is 0 Å². The minimum absolute atomic E-state index is 0.334. The summed E-state index contributed by atoms with van der Waals surface area (Å²) in [5, 5.41) is 0. The van der Waals surface area contributed by atoms with Gasteiger partial charge >= 0.3 is 7.12 Å². The molecular formula is C18H30BN3O2. The summed E-state index contributed by atoms with van der Waals surface area (Å²) in [6, 6.07) is 6.78. The number of nitrogens with two attached hydrogens (primary N) is 1. The van der Waals surface area contributed by atoms with Gasteiger partial charge in [-0.2, -0.15) is 0 Å². The molecule has 2 aliphatic rings. The lowest BCUT2D eigenvalue weighted by atomic mass is 9.79. The van der Waals surface area contributed by atoms with Crippen LogP contribution in [0.1, 0.15) is 34.1 Å². The maximum atomic E-state index is 6.36. The molecule has 2 heterocycles. The zero-order chi connectivity index (χ0) is 17.7. The Morgan fingerprint density at radius 2 is 1.79 bits per heavy atom. The van der Waals surface area contributed by atoms with E-state index in [9.17, 15) is 0 Å². The van der Waals surface area contributed by atoms with Crippen molar-refractivity contribution in [1.82, 2.24) is 4.90 Å². The number of hydrogen-bond acceptors (Lipinski definition) is 5. The second-order valence-electron chi connectivity index (χ2n) is 8.26. The third-order valence-electron chi connectivity index (χ3n) is 5.81. The largest absolute Gasteiger partial charge is 0.494 e. The molecule has 0 amide bonds. The second kappa shape index (κ2) is 5.93. The van der Waals surface area contributed by atoms with Gasteiger partial charge in [-0.1, -0.05) is 6.07 Å². The molecule has 2 saturated heterocycles. The molecule has 1 aromatic carbocycles. The molecule has 24 heavy (non-hydrogen) atoms. The Hall–Kier alpha value is -1.24. The van der Waals surface area contributed by atoms with Crippen molar-refractivity contribution in [2.45, 2.75) is 51.4 Å². The smallest absolute Gasteiger partial charge is 0.399 e. The third-order valence-corrected chi connectivity index (χ3v) is 5.81. The second-order valence-corrected chi connectivity index (χ2v) is 8.26. The molecular weight excluding hydrogens is 301 g/mol. The molecule has 0 aliphatic carbocycles. The first-order chi connectivity index (χ1) is 11.1. The summed E-state index contributed by atoms with van der Waals surface area (Å²) in [5.41, 5.74) is 8.58. The molecule has 2 N–H and O–H groups in total. The van der Waals surface area contributed by atoms with Crippen LogP contribution in [0, 0.1) is 0 Å². The van der Waals surface area contributed by atoms with Crippen molar-refractivity contribution < 1.29 is 9.31 Å². The van der Waals surface area contributed by atoms with Gasteiger partial charge in [0.2, 0.25) is 0 Å². The summed E-state index contributed by atoms with van der Waals surface area (Å²) < 4.78 is 12.2. The lowest BCUT2D eigenvalue weighted by Gasteiger charge is -2.32. The van der Waals surface area contributed by atoms with Gasteiger partial charge in [0, 0.05) is 19.1 Å². The van der Waals surface area contributed by atoms with Gasteiger partial charge < -0.3 is 24.8 Å². The fraction of sp³-hybridized carbons (Fsp3) is 0.667. The van der Waals surface area contributed by atoms with Gasteiger partial charge in [0.25, 0.3) is 0 Å². The van der Waals surface area contributed by atoms with Crippen LogP contribution >= 0.6 is 0 Å². The van der Waals surface area contributed by atoms with Gasteiger partial charge in [-0.3, -0.25) is 0 Å². The predicted octanol–water partition coefficient (Wildman–Crippen LogP) is 1.71. The first-order valence-corrected chi connectivity index (χ1v) is 8.77. The fourth-order valence-corrected chi connectivity index (χ4v) is 3.37. The van der Waals surface area contributed by atoms with Crippen LogP contribution in [0.4, 0.5) is 11.4 Å². The van der Waals surface area contributed by atoms with Crippen LogP contribution in [-0.4, -0.2) is 56.4 Å². The van der Waals surface area contributed by atoms with E-state index < -0.39 is 0 Å². The number of likely N-dealkylation sites (N-methyl/N-ethyl adjacent to an activating group) is 1. The Morgan fingerprint density at radius 3 is 2.29 bits per heavy atom. The normalized spacial score (nSPS) is 25.7. The van der Waals surface area contributed by atoms with E-state index in [1.807, 2.05) is 6.07 Å². The number of hydrogen-bond donors (Lipinski definition) is 1. The minimum atomic E-state index is -0.362. The molecule has 0 radical (unpaired) electrons. The summed E-state index contributed by atoms with van der Waals surface area (Å²) >= 11 is 0. The molecule has 6 heteroatoms. The minimum Gasteiger partial charge on any atom is -0.399 e. The first-order valence-electron chi connectivity index (χ1n) is 8.77. The Morgan fingerprint density at radius 1 is 1.17 bits per heavy atom. The van der Waals surface area contributed by atoms with Gasteiger partial charge in [0.1, 0.15) is 0 Å². The molecule has 3 rings (SSSR count). The van der Waals surface area contributed by atoms with Gasteiger partial charge in [-0.15, -0.1) is 0 Å². The average molecular weight is 331 g/mol. The van der Waals surface area contributed by atoms with Crippen molar-refractivity contribution in [2.75, 3.05) is 37.8 Å². The van der Waals surface area contributed by atoms with E-state index in [1.54, 1.807) is 0 Å². The van der Waals surface area contributed by atoms with Crippen LogP contribution in [-0.2, 0) is 9.31 Å². The molecule has 2 fully saturated rings. The topological polar surface area (TPSA) is 51.0 Å². The van der Waals surface area contributed by atoms with Crippen LogP contribution in [0.25, 0.3) is 0 Å². The Balaban J connectivity index is 1.77. The monoisotopic (exact) mass is 331 g/mol. The van der Waals surface area contributed by atoms with E-state index in [4.69, 9.17) is 15.0 Å². The predicted molar refractivity (Wildman–Crippen MR) is 101 cm³/mol. The van der Waals surface area contributed by atoms with Crippen molar-refractivity contribution in [2.24, 2.45) is 0 Å². The van der Waals surface area contributed by atoms with Crippen molar-refractivity contribution in [3.05, 3.63) is 18.2 Å². The molecule has 0 aromatic heterocycles. The molecule has 1 aromatic rings. The Kier molecular flexibility index (Phi) is 4.35. The zero-order valence-electron chi connectivity index (χ0n) is 15.8. The number of nitrogens with zero attached hydrogens (tertiary/aromatic N) is 2. The number of benzene rings is 1. The summed E-state index contributed by atoms with van der Waals surface area (Å²) in [5.74, 6) is 0. The van der Waals surface area contributed by atoms with Crippen LogP contribution in [0.5, 0.6) is 0 Å². The van der Waals surface area contributed by atoms with Gasteiger partial charge in [-0.05, 0) is 65.8 Å². The van der Waals surface area contributed by atoms with E-state index in [2.05, 4.69) is 63.7 Å². The van der Waals surface area contributed by atoms with E-state index in [-0.39, 0.29) is 18.3 Å². The summed E-state index contributed by atoms with van der Waals surface area (Å²) in [6.45, 7) is 10.3. The molecule has 5 nitrogen and oxygen atoms in total. The maximum Gasteiger partial charge on any atom is 0.494 e. The first kappa shape index (κ1) is 17.6. The summed E-state index contributed by atoms with van der Waals surface area (Å²) in [4.78, 5) is 4.66. The lowest BCUT2D eigenvalue weighted by molar-refractivity contribution is 0.00578. The van der Waals surface area contributed by atoms with Crippen molar-refractivity contribution in [3.63, 3.8) is 0 Å². The van der Waals surface area contributed by atoms with Crippen LogP contribution in [0.3, 0.4) is 0 Å². The molecule has 132 valence electrons. The highest BCUT2D eigenvalue weighted by atomic mass is 16.7. The van der Waals surface area contributed by atoms with E-state index in [0.29, 0.717) is 6.04 Å². The number of rotatable bonds is 3. The highest BCUT2D eigenvalue weighted by Crippen LogP contribution is 2.37. The zero-order valence-corrected chi connectivity index (χ0v) is 15.8. The quantitative estimate of drug-likeness (QED) is 0.675. The van der Waals surface area contributed by atoms with Gasteiger partial charge in [-0.25, -0.2) is 0 Å². The summed E-state index contributed by atoms with van der Waals surface area (Å²) in [6.07, 6.45) is 1.17. The SMILES string of the molecule is CN(C)C1CCN(c2ccc(B3OC(C)(C)C(C)(C)O3)cc2N)C1.